The number of nitrogens with zero attached hydrogens (tertiary/aromatic N) is 4. The van der Waals surface area contributed by atoms with Gasteiger partial charge in [-0.3, -0.25) is 0 Å². The van der Waals surface area contributed by atoms with Gasteiger partial charge in [-0.15, -0.1) is 0 Å². The van der Waals surface area contributed by atoms with E-state index in [0.29, 0.717) is 25.9 Å². The van der Waals surface area contributed by atoms with Crippen LogP contribution in [-0.2, 0) is 16.4 Å². The molecule has 0 saturated heterocycles. The van der Waals surface area contributed by atoms with Gasteiger partial charge in [-0.1, -0.05) is 17.2 Å². The normalized spacial score (nSPS) is 10.6. The monoisotopic (exact) mass is 293 g/mol. The molecule has 1 rings (SSSR count). The number of azide groups is 1. The fraction of sp³-hybridized carbons (Fsp3) is 0.417. The molecule has 106 valence electrons. The van der Waals surface area contributed by atoms with E-state index in [1.165, 1.54) is 12.1 Å². The summed E-state index contributed by atoms with van der Waals surface area (Å²) < 4.78 is 26.3. The Balaban J connectivity index is 2.51. The Morgan fingerprint density at radius 2 is 2.00 bits per heavy atom. The van der Waals surface area contributed by atoms with E-state index in [2.05, 4.69) is 14.7 Å². The van der Waals surface area contributed by atoms with Gasteiger partial charge in [0.05, 0.1) is 17.4 Å². The minimum atomic E-state index is -3.52. The molecule has 0 amide bonds. The predicted molar refractivity (Wildman–Crippen MR) is 74.2 cm³/mol. The van der Waals surface area contributed by atoms with E-state index in [4.69, 9.17) is 10.8 Å². The van der Waals surface area contributed by atoms with Gasteiger partial charge in [-0.25, -0.2) is 13.1 Å². The third-order valence-electron chi connectivity index (χ3n) is 2.56. The Labute approximate surface area is 117 Å². The molecule has 7 nitrogen and oxygen atoms in total. The van der Waals surface area contributed by atoms with Gasteiger partial charge in [0.2, 0.25) is 10.0 Å². The van der Waals surface area contributed by atoms with Crippen LogP contribution in [0.25, 0.3) is 10.4 Å². The standard InChI is InChI=1S/C12H15N5O2S/c13-8-7-11-3-5-12(6-4-11)20(18,19)16-10-2-1-9-15-17-14/h3-6,16H,1-2,7,9-10H2. The molecule has 0 radical (unpaired) electrons. The lowest BCUT2D eigenvalue weighted by molar-refractivity contribution is 0.577. The van der Waals surface area contributed by atoms with Crippen molar-refractivity contribution in [1.29, 1.82) is 5.26 Å². The Morgan fingerprint density at radius 3 is 2.60 bits per heavy atom. The number of hydrogen-bond acceptors (Lipinski definition) is 4. The summed E-state index contributed by atoms with van der Waals surface area (Å²) in [6, 6.07) is 8.21. The molecule has 0 saturated carbocycles. The number of hydrogen-bond donors (Lipinski definition) is 1. The second-order valence-corrected chi connectivity index (χ2v) is 5.81. The summed E-state index contributed by atoms with van der Waals surface area (Å²) in [5.41, 5.74) is 8.87. The van der Waals surface area contributed by atoms with Crippen LogP contribution < -0.4 is 4.72 Å². The van der Waals surface area contributed by atoms with E-state index in [-0.39, 0.29) is 11.3 Å². The highest BCUT2D eigenvalue weighted by atomic mass is 32.2. The largest absolute Gasteiger partial charge is 0.240 e. The van der Waals surface area contributed by atoms with E-state index in [9.17, 15) is 8.42 Å². The SMILES string of the molecule is N#CCc1ccc(S(=O)(=O)NCCCCN=[N+]=[N-])cc1. The zero-order chi connectivity index (χ0) is 14.8. The maximum atomic E-state index is 11.9. The van der Waals surface area contributed by atoms with Crippen molar-refractivity contribution in [2.75, 3.05) is 13.1 Å². The Morgan fingerprint density at radius 1 is 1.30 bits per heavy atom. The summed E-state index contributed by atoms with van der Waals surface area (Å²) >= 11 is 0. The van der Waals surface area contributed by atoms with E-state index in [0.717, 1.165) is 5.56 Å². The van der Waals surface area contributed by atoms with Gasteiger partial charge in [-0.2, -0.15) is 5.26 Å². The highest BCUT2D eigenvalue weighted by molar-refractivity contribution is 7.89. The molecule has 0 aliphatic rings. The second-order valence-electron chi connectivity index (χ2n) is 4.04. The minimum Gasteiger partial charge on any atom is -0.211 e. The number of nitriles is 1. The molecule has 0 fully saturated rings. The Kier molecular flexibility index (Phi) is 6.53. The Hall–Kier alpha value is -2.07. The lowest BCUT2D eigenvalue weighted by atomic mass is 10.2. The molecule has 0 aliphatic carbocycles. The van der Waals surface area contributed by atoms with Crippen molar-refractivity contribution in [3.63, 3.8) is 0 Å². The Bertz CT molecular complexity index is 612. The molecule has 0 aliphatic heterocycles. The number of sulfonamides is 1. The van der Waals surface area contributed by atoms with E-state index >= 15 is 0 Å². The fourth-order valence-electron chi connectivity index (χ4n) is 1.52. The molecule has 0 bridgehead atoms. The van der Waals surface area contributed by atoms with E-state index in [1.807, 2.05) is 6.07 Å². The first kappa shape index (κ1) is 16.0. The van der Waals surface area contributed by atoms with Gasteiger partial charge in [0.25, 0.3) is 0 Å². The topological polar surface area (TPSA) is 119 Å². The zero-order valence-corrected chi connectivity index (χ0v) is 11.7. The molecule has 0 spiro atoms. The van der Waals surface area contributed by atoms with Crippen molar-refractivity contribution < 1.29 is 8.42 Å². The van der Waals surface area contributed by atoms with Crippen LogP contribution in [-0.4, -0.2) is 21.5 Å². The van der Waals surface area contributed by atoms with Gasteiger partial charge in [0.1, 0.15) is 0 Å². The minimum absolute atomic E-state index is 0.175. The summed E-state index contributed by atoms with van der Waals surface area (Å²) in [5, 5.41) is 11.9. The van der Waals surface area contributed by atoms with Crippen LogP contribution in [0.4, 0.5) is 0 Å². The predicted octanol–water partition coefficient (Wildman–Crippen LogP) is 2.12. The van der Waals surface area contributed by atoms with Gasteiger partial charge >= 0.3 is 0 Å². The lowest BCUT2D eigenvalue weighted by Gasteiger charge is -2.06. The van der Waals surface area contributed by atoms with Crippen LogP contribution in [0.5, 0.6) is 0 Å². The molecule has 8 heteroatoms. The highest BCUT2D eigenvalue weighted by Crippen LogP contribution is 2.10. The maximum Gasteiger partial charge on any atom is 0.240 e. The average Bonchev–Trinajstić information content (AvgIpc) is 2.44. The van der Waals surface area contributed by atoms with Crippen LogP contribution in [0.2, 0.25) is 0 Å². The average molecular weight is 293 g/mol. The van der Waals surface area contributed by atoms with Gasteiger partial charge < -0.3 is 0 Å². The molecule has 0 heterocycles. The fourth-order valence-corrected chi connectivity index (χ4v) is 2.59. The molecular weight excluding hydrogens is 278 g/mol. The van der Waals surface area contributed by atoms with Crippen molar-refractivity contribution in [1.82, 2.24) is 4.72 Å². The lowest BCUT2D eigenvalue weighted by Crippen LogP contribution is -2.24. The van der Waals surface area contributed by atoms with Gasteiger partial charge in [0.15, 0.2) is 0 Å². The first-order valence-electron chi connectivity index (χ1n) is 6.06. The van der Waals surface area contributed by atoms with Crippen molar-refractivity contribution in [2.24, 2.45) is 5.11 Å². The van der Waals surface area contributed by atoms with Crippen LogP contribution in [0.3, 0.4) is 0 Å². The molecule has 0 aromatic heterocycles. The molecule has 20 heavy (non-hydrogen) atoms. The number of benzene rings is 1. The molecule has 1 aromatic carbocycles. The summed E-state index contributed by atoms with van der Waals surface area (Å²) in [4.78, 5) is 2.79. The van der Waals surface area contributed by atoms with Crippen molar-refractivity contribution in [3.8, 4) is 6.07 Å². The summed E-state index contributed by atoms with van der Waals surface area (Å²) in [7, 11) is -3.52. The quantitative estimate of drug-likeness (QED) is 0.342. The smallest absolute Gasteiger partial charge is 0.211 e. The van der Waals surface area contributed by atoms with Gasteiger partial charge in [-0.05, 0) is 36.1 Å². The second kappa shape index (κ2) is 8.17. The molecule has 1 aromatic rings. The summed E-state index contributed by atoms with van der Waals surface area (Å²) in [5.74, 6) is 0. The van der Waals surface area contributed by atoms with Crippen LogP contribution in [0.15, 0.2) is 34.3 Å². The third-order valence-corrected chi connectivity index (χ3v) is 4.03. The summed E-state index contributed by atoms with van der Waals surface area (Å²) in [6.07, 6.45) is 1.49. The molecular formula is C12H15N5O2S. The van der Waals surface area contributed by atoms with Crippen molar-refractivity contribution in [3.05, 3.63) is 40.3 Å². The molecule has 0 unspecified atom stereocenters. The van der Waals surface area contributed by atoms with Crippen LogP contribution >= 0.6 is 0 Å². The van der Waals surface area contributed by atoms with Gasteiger partial charge in [0, 0.05) is 18.0 Å². The van der Waals surface area contributed by atoms with Crippen LogP contribution in [0.1, 0.15) is 18.4 Å². The highest BCUT2D eigenvalue weighted by Gasteiger charge is 2.12. The maximum absolute atomic E-state index is 11.9. The van der Waals surface area contributed by atoms with Crippen molar-refractivity contribution in [2.45, 2.75) is 24.2 Å². The van der Waals surface area contributed by atoms with Crippen molar-refractivity contribution >= 4 is 10.0 Å². The third kappa shape index (κ3) is 5.28. The number of rotatable bonds is 8. The van der Waals surface area contributed by atoms with E-state index in [1.54, 1.807) is 12.1 Å². The molecule has 0 atom stereocenters. The first-order chi connectivity index (χ1) is 9.60. The van der Waals surface area contributed by atoms with Crippen LogP contribution in [0, 0.1) is 11.3 Å². The first-order valence-corrected chi connectivity index (χ1v) is 7.55. The molecule has 1 N–H and O–H groups in total. The zero-order valence-electron chi connectivity index (χ0n) is 10.9. The summed E-state index contributed by atoms with van der Waals surface area (Å²) in [6.45, 7) is 0.657. The van der Waals surface area contributed by atoms with E-state index < -0.39 is 10.0 Å². The number of unbranched alkanes of at least 4 members (excludes halogenated alkanes) is 1. The number of nitrogens with one attached hydrogen (secondary N) is 1.